The van der Waals surface area contributed by atoms with E-state index >= 15 is 0 Å². The van der Waals surface area contributed by atoms with Gasteiger partial charge in [0.2, 0.25) is 5.91 Å². The van der Waals surface area contributed by atoms with E-state index in [1.807, 2.05) is 11.8 Å². The molecule has 0 unspecified atom stereocenters. The molecule has 0 bridgehead atoms. The van der Waals surface area contributed by atoms with Gasteiger partial charge < -0.3 is 9.80 Å². The highest BCUT2D eigenvalue weighted by Gasteiger charge is 2.29. The number of carbonyl (C=O) groups excluding carboxylic acids is 1. The third kappa shape index (κ3) is 2.46. The molecule has 0 spiro atoms. The van der Waals surface area contributed by atoms with Crippen LogP contribution in [0.4, 0.5) is 0 Å². The fourth-order valence-corrected chi connectivity index (χ4v) is 2.24. The van der Waals surface area contributed by atoms with Gasteiger partial charge in [0.25, 0.3) is 0 Å². The van der Waals surface area contributed by atoms with Crippen LogP contribution in [-0.4, -0.2) is 63.2 Å². The van der Waals surface area contributed by atoms with Crippen molar-refractivity contribution in [2.75, 3.05) is 26.7 Å². The lowest BCUT2D eigenvalue weighted by atomic mass is 10.1. The normalized spacial score (nSPS) is 23.7. The molecule has 0 aliphatic carbocycles. The van der Waals surface area contributed by atoms with Gasteiger partial charge in [0.15, 0.2) is 0 Å². The third-order valence-electron chi connectivity index (χ3n) is 3.30. The molecule has 1 aliphatic rings. The molecular formula is C11H19N5O. The maximum absolute atomic E-state index is 12.3. The van der Waals surface area contributed by atoms with Gasteiger partial charge in [-0.3, -0.25) is 4.79 Å². The van der Waals surface area contributed by atoms with Gasteiger partial charge in [-0.25, -0.2) is 9.67 Å². The highest BCUT2D eigenvalue weighted by Crippen LogP contribution is 2.14. The number of likely N-dealkylation sites (N-methyl/N-ethyl adjacent to an activating group) is 1. The van der Waals surface area contributed by atoms with Crippen molar-refractivity contribution in [2.45, 2.75) is 25.9 Å². The molecule has 0 radical (unpaired) electrons. The molecule has 94 valence electrons. The number of nitrogens with zero attached hydrogens (tertiary/aromatic N) is 5. The predicted octanol–water partition coefficient (Wildman–Crippen LogP) is 0.00160. The second kappa shape index (κ2) is 4.83. The van der Waals surface area contributed by atoms with Crippen molar-refractivity contribution in [2.24, 2.45) is 0 Å². The lowest BCUT2D eigenvalue weighted by Crippen LogP contribution is -2.54. The Hall–Kier alpha value is -1.43. The fourth-order valence-electron chi connectivity index (χ4n) is 2.24. The van der Waals surface area contributed by atoms with Crippen LogP contribution in [0.3, 0.4) is 0 Å². The highest BCUT2D eigenvalue weighted by molar-refractivity contribution is 5.80. The lowest BCUT2D eigenvalue weighted by molar-refractivity contribution is -0.138. The van der Waals surface area contributed by atoms with Gasteiger partial charge in [0, 0.05) is 25.7 Å². The summed E-state index contributed by atoms with van der Waals surface area (Å²) in [6.07, 6.45) is 3.04. The first-order valence-electron chi connectivity index (χ1n) is 5.92. The molecule has 1 aliphatic heterocycles. The number of amides is 1. The number of carbonyl (C=O) groups is 1. The Labute approximate surface area is 101 Å². The largest absolute Gasteiger partial charge is 0.336 e. The first kappa shape index (κ1) is 12.0. The first-order chi connectivity index (χ1) is 8.09. The zero-order valence-electron chi connectivity index (χ0n) is 10.6. The van der Waals surface area contributed by atoms with Gasteiger partial charge in [-0.15, -0.1) is 0 Å². The third-order valence-corrected chi connectivity index (χ3v) is 3.30. The Morgan fingerprint density at radius 2 is 2.24 bits per heavy atom. The number of piperazine rings is 1. The van der Waals surface area contributed by atoms with Crippen molar-refractivity contribution in [3.8, 4) is 0 Å². The van der Waals surface area contributed by atoms with E-state index in [1.54, 1.807) is 11.0 Å². The number of hydrogen-bond acceptors (Lipinski definition) is 4. The second-order valence-electron chi connectivity index (χ2n) is 4.69. The molecule has 1 aromatic rings. The molecular weight excluding hydrogens is 218 g/mol. The van der Waals surface area contributed by atoms with Gasteiger partial charge in [0.05, 0.1) is 0 Å². The van der Waals surface area contributed by atoms with Gasteiger partial charge in [0.1, 0.15) is 18.7 Å². The maximum Gasteiger partial charge on any atom is 0.247 e. The van der Waals surface area contributed by atoms with E-state index in [9.17, 15) is 4.79 Å². The summed E-state index contributed by atoms with van der Waals surface area (Å²) in [6, 6.07) is -0.0180. The van der Waals surface area contributed by atoms with E-state index in [1.165, 1.54) is 6.33 Å². The Morgan fingerprint density at radius 1 is 1.47 bits per heavy atom. The van der Waals surface area contributed by atoms with Crippen molar-refractivity contribution < 1.29 is 4.79 Å². The van der Waals surface area contributed by atoms with Crippen molar-refractivity contribution in [3.63, 3.8) is 0 Å². The summed E-state index contributed by atoms with van der Waals surface area (Å²) in [5, 5.41) is 4.02. The zero-order valence-corrected chi connectivity index (χ0v) is 10.6. The molecule has 1 saturated heterocycles. The summed E-state index contributed by atoms with van der Waals surface area (Å²) < 4.78 is 1.60. The summed E-state index contributed by atoms with van der Waals surface area (Å²) in [7, 11) is 2.08. The van der Waals surface area contributed by atoms with Gasteiger partial charge in [-0.1, -0.05) is 0 Å². The minimum Gasteiger partial charge on any atom is -0.336 e. The van der Waals surface area contributed by atoms with Crippen LogP contribution in [0.2, 0.25) is 0 Å². The average molecular weight is 237 g/mol. The van der Waals surface area contributed by atoms with Crippen LogP contribution in [0.25, 0.3) is 0 Å². The van der Waals surface area contributed by atoms with E-state index in [2.05, 4.69) is 29.0 Å². The summed E-state index contributed by atoms with van der Waals surface area (Å²) in [4.78, 5) is 20.4. The van der Waals surface area contributed by atoms with Crippen LogP contribution in [0.5, 0.6) is 0 Å². The summed E-state index contributed by atoms with van der Waals surface area (Å²) in [6.45, 7) is 6.59. The van der Waals surface area contributed by atoms with Crippen molar-refractivity contribution in [3.05, 3.63) is 12.7 Å². The first-order valence-corrected chi connectivity index (χ1v) is 5.92. The minimum atomic E-state index is -0.275. The van der Waals surface area contributed by atoms with E-state index < -0.39 is 0 Å². The molecule has 2 rings (SSSR count). The molecule has 0 saturated carbocycles. The van der Waals surface area contributed by atoms with Gasteiger partial charge in [-0.2, -0.15) is 5.10 Å². The minimum absolute atomic E-state index is 0.121. The van der Waals surface area contributed by atoms with Crippen LogP contribution in [0, 0.1) is 0 Å². The fraction of sp³-hybridized carbons (Fsp3) is 0.727. The van der Waals surface area contributed by atoms with E-state index in [-0.39, 0.29) is 18.0 Å². The van der Waals surface area contributed by atoms with E-state index in [4.69, 9.17) is 0 Å². The Balaban J connectivity index is 2.05. The number of rotatable bonds is 2. The molecule has 1 aromatic heterocycles. The molecule has 6 heteroatoms. The summed E-state index contributed by atoms with van der Waals surface area (Å²) in [5.41, 5.74) is 0. The smallest absolute Gasteiger partial charge is 0.247 e. The summed E-state index contributed by atoms with van der Waals surface area (Å²) in [5.74, 6) is 0.121. The highest BCUT2D eigenvalue weighted by atomic mass is 16.2. The molecule has 0 aromatic carbocycles. The van der Waals surface area contributed by atoms with Crippen molar-refractivity contribution in [1.29, 1.82) is 0 Å². The van der Waals surface area contributed by atoms with E-state index in [0.717, 1.165) is 19.6 Å². The predicted molar refractivity (Wildman–Crippen MR) is 63.4 cm³/mol. The second-order valence-corrected chi connectivity index (χ2v) is 4.69. The maximum atomic E-state index is 12.3. The average Bonchev–Trinajstić information content (AvgIpc) is 2.80. The van der Waals surface area contributed by atoms with Crippen molar-refractivity contribution >= 4 is 5.91 Å². The topological polar surface area (TPSA) is 54.3 Å². The Morgan fingerprint density at radius 3 is 2.82 bits per heavy atom. The van der Waals surface area contributed by atoms with Crippen LogP contribution >= 0.6 is 0 Å². The molecule has 2 atom stereocenters. The monoisotopic (exact) mass is 237 g/mol. The Bertz CT molecular complexity index is 377. The SMILES string of the molecule is C[C@@H]1CN(C)CCN1C(=O)[C@@H](C)n1cncn1. The molecule has 0 N–H and O–H groups in total. The van der Waals surface area contributed by atoms with Crippen LogP contribution in [-0.2, 0) is 4.79 Å². The standard InChI is InChI=1S/C11H19N5O/c1-9-6-14(3)4-5-15(9)11(17)10(2)16-8-12-7-13-16/h7-10H,4-6H2,1-3H3/t9-,10-/m1/s1. The van der Waals surface area contributed by atoms with Crippen LogP contribution in [0.1, 0.15) is 19.9 Å². The summed E-state index contributed by atoms with van der Waals surface area (Å²) >= 11 is 0. The molecule has 1 fully saturated rings. The van der Waals surface area contributed by atoms with Crippen LogP contribution < -0.4 is 0 Å². The van der Waals surface area contributed by atoms with Gasteiger partial charge in [-0.05, 0) is 20.9 Å². The van der Waals surface area contributed by atoms with E-state index in [0.29, 0.717) is 0 Å². The molecule has 2 heterocycles. The quantitative estimate of drug-likeness (QED) is 0.726. The number of hydrogen-bond donors (Lipinski definition) is 0. The zero-order chi connectivity index (χ0) is 12.4. The Kier molecular flexibility index (Phi) is 3.42. The number of aromatic nitrogens is 3. The molecule has 6 nitrogen and oxygen atoms in total. The molecule has 1 amide bonds. The van der Waals surface area contributed by atoms with Gasteiger partial charge >= 0.3 is 0 Å². The van der Waals surface area contributed by atoms with Crippen LogP contribution in [0.15, 0.2) is 12.7 Å². The lowest BCUT2D eigenvalue weighted by Gasteiger charge is -2.39. The van der Waals surface area contributed by atoms with Crippen molar-refractivity contribution in [1.82, 2.24) is 24.6 Å². The molecule has 17 heavy (non-hydrogen) atoms.